The first kappa shape index (κ1) is 28.3. The van der Waals surface area contributed by atoms with E-state index in [1.165, 1.54) is 11.9 Å². The lowest BCUT2D eigenvalue weighted by molar-refractivity contribution is 0.0568. The zero-order chi connectivity index (χ0) is 26.2. The predicted molar refractivity (Wildman–Crippen MR) is 152 cm³/mol. The van der Waals surface area contributed by atoms with Gasteiger partial charge >= 0.3 is 0 Å². The lowest BCUT2D eigenvalue weighted by Crippen LogP contribution is -2.50. The van der Waals surface area contributed by atoms with Crippen molar-refractivity contribution in [2.24, 2.45) is 5.73 Å². The van der Waals surface area contributed by atoms with E-state index in [0.717, 1.165) is 43.1 Å². The van der Waals surface area contributed by atoms with Crippen molar-refractivity contribution in [1.82, 2.24) is 14.9 Å². The number of nitrogens with two attached hydrogens (primary N) is 1. The van der Waals surface area contributed by atoms with Gasteiger partial charge in [-0.05, 0) is 61.9 Å². The number of rotatable bonds is 6. The molecule has 1 amide bonds. The fraction of sp³-hybridized carbons (Fsp3) is 0.370. The quantitative estimate of drug-likeness (QED) is 0.449. The maximum atomic E-state index is 13.6. The minimum Gasteiger partial charge on any atom is -0.334 e. The molecule has 5 rings (SSSR count). The van der Waals surface area contributed by atoms with E-state index >= 15 is 0 Å². The molecule has 3 aromatic rings. The zero-order valence-corrected chi connectivity index (χ0v) is 23.5. The van der Waals surface area contributed by atoms with Gasteiger partial charge in [0.25, 0.3) is 5.91 Å². The Bertz CT molecular complexity index is 1440. The van der Waals surface area contributed by atoms with Crippen LogP contribution in [0.2, 0.25) is 5.02 Å². The van der Waals surface area contributed by atoms with E-state index in [0.29, 0.717) is 41.6 Å². The number of amides is 1. The lowest BCUT2D eigenvalue weighted by atomic mass is 9.68. The van der Waals surface area contributed by atoms with Crippen molar-refractivity contribution >= 4 is 45.6 Å². The van der Waals surface area contributed by atoms with Gasteiger partial charge in [-0.3, -0.25) is 9.52 Å². The number of carbonyl (C=O) groups is 1. The van der Waals surface area contributed by atoms with Gasteiger partial charge in [0, 0.05) is 46.4 Å². The fourth-order valence-electron chi connectivity index (χ4n) is 5.74. The molecule has 3 N–H and O–H groups in total. The van der Waals surface area contributed by atoms with Gasteiger partial charge in [-0.1, -0.05) is 35.9 Å². The first-order valence-corrected chi connectivity index (χ1v) is 14.7. The van der Waals surface area contributed by atoms with Crippen LogP contribution in [0.4, 0.5) is 5.69 Å². The highest BCUT2D eigenvalue weighted by Crippen LogP contribution is 2.42. The Labute approximate surface area is 234 Å². The van der Waals surface area contributed by atoms with Gasteiger partial charge in [0.2, 0.25) is 10.0 Å². The summed E-state index contributed by atoms with van der Waals surface area (Å²) in [5, 5.41) is 0.711. The van der Waals surface area contributed by atoms with Crippen LogP contribution in [0.25, 0.3) is 11.3 Å². The molecule has 0 spiro atoms. The summed E-state index contributed by atoms with van der Waals surface area (Å²) in [6.45, 7) is 1.13. The number of hydrogen-bond donors (Lipinski definition) is 2. The molecule has 1 aliphatic carbocycles. The Morgan fingerprint density at radius 2 is 1.82 bits per heavy atom. The van der Waals surface area contributed by atoms with Crippen LogP contribution in [0.5, 0.6) is 0 Å². The third-order valence-corrected chi connectivity index (χ3v) is 8.47. The minimum atomic E-state index is -3.41. The smallest absolute Gasteiger partial charge is 0.273 e. The second-order valence-electron chi connectivity index (χ2n) is 9.98. The molecule has 2 aliphatic rings. The van der Waals surface area contributed by atoms with Crippen LogP contribution < -0.4 is 10.5 Å². The molecule has 8 nitrogen and oxygen atoms in total. The number of nitrogens with zero attached hydrogens (tertiary/aromatic N) is 3. The lowest BCUT2D eigenvalue weighted by Gasteiger charge is -2.44. The monoisotopic (exact) mass is 575 g/mol. The second kappa shape index (κ2) is 11.2. The van der Waals surface area contributed by atoms with E-state index in [4.69, 9.17) is 17.3 Å². The molecule has 0 atom stereocenters. The Balaban J connectivity index is 0.00000336. The molecule has 0 bridgehead atoms. The number of anilines is 1. The summed E-state index contributed by atoms with van der Waals surface area (Å²) in [7, 11) is -3.41. The van der Waals surface area contributed by atoms with Gasteiger partial charge in [0.05, 0.1) is 11.9 Å². The summed E-state index contributed by atoms with van der Waals surface area (Å²) in [5.74, 6) is -0.0803. The van der Waals surface area contributed by atoms with Gasteiger partial charge in [-0.15, -0.1) is 12.4 Å². The van der Waals surface area contributed by atoms with Crippen LogP contribution in [-0.4, -0.2) is 54.6 Å². The highest BCUT2D eigenvalue weighted by Gasteiger charge is 2.40. The number of fused-ring (bicyclic) bond motifs is 1. The molecule has 0 radical (unpaired) electrons. The van der Waals surface area contributed by atoms with Crippen LogP contribution in [0.3, 0.4) is 0 Å². The van der Waals surface area contributed by atoms with E-state index in [-0.39, 0.29) is 29.8 Å². The average molecular weight is 577 g/mol. The van der Waals surface area contributed by atoms with Crippen molar-refractivity contribution < 1.29 is 13.2 Å². The number of aromatic nitrogens is 2. The molecule has 1 aromatic heterocycles. The number of sulfonamides is 1. The normalized spacial score (nSPS) is 21.4. The second-order valence-corrected chi connectivity index (χ2v) is 12.2. The molecule has 38 heavy (non-hydrogen) atoms. The summed E-state index contributed by atoms with van der Waals surface area (Å²) < 4.78 is 25.8. The van der Waals surface area contributed by atoms with Crippen LogP contribution in [0.15, 0.2) is 54.9 Å². The number of carbonyl (C=O) groups excluding carboxylic acids is 1. The number of nitrogens with one attached hydrogen (secondary N) is 1. The molecular formula is C27H31Cl2N5O3S. The number of benzene rings is 2. The van der Waals surface area contributed by atoms with Gasteiger partial charge in [-0.2, -0.15) is 0 Å². The van der Waals surface area contributed by atoms with Crippen molar-refractivity contribution in [2.45, 2.75) is 43.6 Å². The van der Waals surface area contributed by atoms with E-state index < -0.39 is 10.0 Å². The average Bonchev–Trinajstić information content (AvgIpc) is 2.88. The van der Waals surface area contributed by atoms with Gasteiger partial charge in [0.1, 0.15) is 12.0 Å². The van der Waals surface area contributed by atoms with Gasteiger partial charge in [0.15, 0.2) is 0 Å². The highest BCUT2D eigenvalue weighted by molar-refractivity contribution is 7.92. The Morgan fingerprint density at radius 3 is 2.50 bits per heavy atom. The molecule has 0 unspecified atom stereocenters. The van der Waals surface area contributed by atoms with E-state index in [9.17, 15) is 13.2 Å². The van der Waals surface area contributed by atoms with E-state index in [2.05, 4.69) is 20.8 Å². The highest BCUT2D eigenvalue weighted by atomic mass is 35.5. The maximum Gasteiger partial charge on any atom is 0.273 e. The van der Waals surface area contributed by atoms with E-state index in [1.54, 1.807) is 18.2 Å². The third kappa shape index (κ3) is 5.66. The summed E-state index contributed by atoms with van der Waals surface area (Å²) >= 11 is 6.26. The van der Waals surface area contributed by atoms with Crippen LogP contribution in [0, 0.1) is 0 Å². The van der Waals surface area contributed by atoms with Crippen LogP contribution in [0.1, 0.15) is 47.3 Å². The molecule has 2 aromatic carbocycles. The van der Waals surface area contributed by atoms with Crippen molar-refractivity contribution in [2.75, 3.05) is 24.1 Å². The Hall–Kier alpha value is -2.72. The molecule has 0 saturated heterocycles. The van der Waals surface area contributed by atoms with Crippen LogP contribution in [-0.2, 0) is 21.9 Å². The topological polar surface area (TPSA) is 118 Å². The fourth-order valence-corrected chi connectivity index (χ4v) is 6.49. The predicted octanol–water partition coefficient (Wildman–Crippen LogP) is 4.43. The molecule has 1 aliphatic heterocycles. The van der Waals surface area contributed by atoms with Crippen LogP contribution >= 0.6 is 24.0 Å². The maximum absolute atomic E-state index is 13.6. The number of hydrogen-bond acceptors (Lipinski definition) is 6. The molecule has 1 fully saturated rings. The van der Waals surface area contributed by atoms with Crippen molar-refractivity contribution in [1.29, 1.82) is 0 Å². The standard InChI is InChI=1S/C27H30ClN5O3S.ClH/c1-37(35,36)32-21-7-2-4-18(14-21)24-23-10-13-33(26(34)25(23)31-17-30-24)22-8-11-27(16-29,12-9-22)19-5-3-6-20(28)15-19;/h2-7,14-15,17,22,32H,8-13,16,29H2,1H3;1H. The van der Waals surface area contributed by atoms with Crippen molar-refractivity contribution in [3.05, 3.63) is 76.7 Å². The first-order valence-electron chi connectivity index (χ1n) is 12.4. The molecule has 11 heteroatoms. The number of halogens is 2. The molecule has 1 saturated carbocycles. The van der Waals surface area contributed by atoms with Crippen molar-refractivity contribution in [3.8, 4) is 11.3 Å². The first-order chi connectivity index (χ1) is 17.7. The Morgan fingerprint density at radius 1 is 1.11 bits per heavy atom. The summed E-state index contributed by atoms with van der Waals surface area (Å²) in [5.41, 5.74) is 10.4. The Kier molecular flexibility index (Phi) is 8.32. The van der Waals surface area contributed by atoms with E-state index in [1.807, 2.05) is 29.2 Å². The van der Waals surface area contributed by atoms with Gasteiger partial charge < -0.3 is 10.6 Å². The molecule has 202 valence electrons. The largest absolute Gasteiger partial charge is 0.334 e. The van der Waals surface area contributed by atoms with Gasteiger partial charge in [-0.25, -0.2) is 18.4 Å². The summed E-state index contributed by atoms with van der Waals surface area (Å²) in [6.07, 6.45) is 6.65. The SMILES string of the molecule is CS(=O)(=O)Nc1cccc(-c2ncnc3c2CCN(C2CCC(CN)(c4cccc(Cl)c4)CC2)C3=O)c1.Cl. The summed E-state index contributed by atoms with van der Waals surface area (Å²) in [6, 6.07) is 15.1. The summed E-state index contributed by atoms with van der Waals surface area (Å²) in [4.78, 5) is 24.4. The van der Waals surface area contributed by atoms with Crippen molar-refractivity contribution in [3.63, 3.8) is 0 Å². The third-order valence-electron chi connectivity index (χ3n) is 7.63. The molecule has 2 heterocycles. The minimum absolute atomic E-state index is 0. The molecular weight excluding hydrogens is 545 g/mol. The zero-order valence-electron chi connectivity index (χ0n) is 21.1.